The number of hydrogen-bond donors (Lipinski definition) is 1. The van der Waals surface area contributed by atoms with Crippen molar-refractivity contribution in [3.63, 3.8) is 0 Å². The van der Waals surface area contributed by atoms with Crippen LogP contribution in [0.5, 0.6) is 11.5 Å². The summed E-state index contributed by atoms with van der Waals surface area (Å²) in [5.41, 5.74) is 4.95. The highest BCUT2D eigenvalue weighted by molar-refractivity contribution is 5.85. The van der Waals surface area contributed by atoms with Gasteiger partial charge >= 0.3 is 0 Å². The molecule has 0 spiro atoms. The normalized spacial score (nSPS) is 18.3. The Hall–Kier alpha value is -2.50. The number of fused-ring (bicyclic) bond motifs is 2. The van der Waals surface area contributed by atoms with Crippen LogP contribution in [-0.2, 0) is 4.74 Å². The zero-order valence-electron chi connectivity index (χ0n) is 14.8. The fourth-order valence-electron chi connectivity index (χ4n) is 4.13. The zero-order valence-corrected chi connectivity index (χ0v) is 14.8. The first kappa shape index (κ1) is 15.7. The lowest BCUT2D eigenvalue weighted by Crippen LogP contribution is -2.39. The first-order chi connectivity index (χ1) is 12.8. The second-order valence-electron chi connectivity index (χ2n) is 6.87. The number of nitrogens with one attached hydrogen (secondary N) is 1. The molecular formula is C21H22N2O3. The summed E-state index contributed by atoms with van der Waals surface area (Å²) in [5, 5.41) is 1.28. The first-order valence-corrected chi connectivity index (χ1v) is 9.10. The van der Waals surface area contributed by atoms with Crippen molar-refractivity contribution in [1.29, 1.82) is 0 Å². The number of hydrogen-bond acceptors (Lipinski definition) is 4. The average molecular weight is 350 g/mol. The summed E-state index contributed by atoms with van der Waals surface area (Å²) in [7, 11) is 0. The number of H-pyrrole nitrogens is 1. The van der Waals surface area contributed by atoms with Crippen LogP contribution in [0.15, 0.2) is 42.5 Å². The number of para-hydroxylation sites is 1. The van der Waals surface area contributed by atoms with Crippen molar-refractivity contribution in [3.8, 4) is 11.5 Å². The number of aromatic amines is 1. The molecule has 2 aromatic carbocycles. The van der Waals surface area contributed by atoms with E-state index in [0.717, 1.165) is 37.8 Å². The van der Waals surface area contributed by atoms with Crippen molar-refractivity contribution in [2.45, 2.75) is 13.0 Å². The Morgan fingerprint density at radius 3 is 2.69 bits per heavy atom. The highest BCUT2D eigenvalue weighted by Crippen LogP contribution is 2.40. The van der Waals surface area contributed by atoms with Gasteiger partial charge in [-0.3, -0.25) is 4.90 Å². The Kier molecular flexibility index (Phi) is 3.84. The minimum Gasteiger partial charge on any atom is -0.454 e. The molecule has 2 aliphatic heterocycles. The van der Waals surface area contributed by atoms with Gasteiger partial charge in [-0.2, -0.15) is 0 Å². The molecule has 2 aliphatic rings. The van der Waals surface area contributed by atoms with Crippen molar-refractivity contribution in [3.05, 3.63) is 59.3 Å². The average Bonchev–Trinajstić information content (AvgIpc) is 3.27. The molecule has 0 radical (unpaired) electrons. The summed E-state index contributed by atoms with van der Waals surface area (Å²) in [4.78, 5) is 6.06. The Balaban J connectivity index is 1.67. The predicted octanol–water partition coefficient (Wildman–Crippen LogP) is 3.63. The lowest BCUT2D eigenvalue weighted by atomic mass is 9.94. The van der Waals surface area contributed by atoms with Crippen LogP contribution in [0.4, 0.5) is 0 Å². The standard InChI is InChI=1S/C21H22N2O3/c1-14-20(16-4-2-3-5-17(16)22-14)21(23-8-10-24-11-9-23)15-6-7-18-19(12-15)26-13-25-18/h2-7,12,21-22H,8-11,13H2,1H3. The van der Waals surface area contributed by atoms with E-state index in [2.05, 4.69) is 53.2 Å². The third-order valence-electron chi connectivity index (χ3n) is 5.34. The topological polar surface area (TPSA) is 46.7 Å². The van der Waals surface area contributed by atoms with Gasteiger partial charge in [-0.1, -0.05) is 24.3 Å². The molecule has 1 aromatic heterocycles. The molecule has 5 heteroatoms. The quantitative estimate of drug-likeness (QED) is 0.784. The molecule has 5 rings (SSSR count). The van der Waals surface area contributed by atoms with E-state index in [0.29, 0.717) is 6.79 Å². The van der Waals surface area contributed by atoms with Crippen LogP contribution < -0.4 is 9.47 Å². The summed E-state index contributed by atoms with van der Waals surface area (Å²) in [5.74, 6) is 1.66. The molecule has 1 atom stereocenters. The fourth-order valence-corrected chi connectivity index (χ4v) is 4.13. The van der Waals surface area contributed by atoms with Crippen LogP contribution in [-0.4, -0.2) is 43.0 Å². The molecule has 26 heavy (non-hydrogen) atoms. The molecule has 0 aliphatic carbocycles. The molecule has 0 bridgehead atoms. The van der Waals surface area contributed by atoms with Gasteiger partial charge in [0.25, 0.3) is 0 Å². The molecule has 5 nitrogen and oxygen atoms in total. The molecule has 0 saturated carbocycles. The summed E-state index contributed by atoms with van der Waals surface area (Å²) < 4.78 is 16.7. The van der Waals surface area contributed by atoms with Gasteiger partial charge in [0.15, 0.2) is 11.5 Å². The molecule has 3 aromatic rings. The largest absolute Gasteiger partial charge is 0.454 e. The minimum absolute atomic E-state index is 0.157. The van der Waals surface area contributed by atoms with Gasteiger partial charge in [0.05, 0.1) is 19.3 Å². The number of morpholine rings is 1. The molecule has 1 fully saturated rings. The van der Waals surface area contributed by atoms with Crippen LogP contribution >= 0.6 is 0 Å². The van der Waals surface area contributed by atoms with Gasteiger partial charge < -0.3 is 19.2 Å². The Bertz CT molecular complexity index is 944. The number of aryl methyl sites for hydroxylation is 1. The summed E-state index contributed by atoms with van der Waals surface area (Å²) in [6, 6.07) is 15.0. The van der Waals surface area contributed by atoms with Gasteiger partial charge in [0, 0.05) is 35.2 Å². The monoisotopic (exact) mass is 350 g/mol. The summed E-state index contributed by atoms with van der Waals surface area (Å²) >= 11 is 0. The van der Waals surface area contributed by atoms with E-state index in [9.17, 15) is 0 Å². The molecule has 1 unspecified atom stereocenters. The van der Waals surface area contributed by atoms with E-state index in [4.69, 9.17) is 14.2 Å². The van der Waals surface area contributed by atoms with Crippen molar-refractivity contribution in [2.24, 2.45) is 0 Å². The van der Waals surface area contributed by atoms with E-state index < -0.39 is 0 Å². The zero-order chi connectivity index (χ0) is 17.5. The van der Waals surface area contributed by atoms with Gasteiger partial charge in [-0.05, 0) is 30.7 Å². The van der Waals surface area contributed by atoms with Crippen LogP contribution in [0, 0.1) is 6.92 Å². The number of rotatable bonds is 3. The lowest BCUT2D eigenvalue weighted by Gasteiger charge is -2.35. The van der Waals surface area contributed by atoms with E-state index in [1.807, 2.05) is 6.07 Å². The third-order valence-corrected chi connectivity index (χ3v) is 5.34. The second kappa shape index (κ2) is 6.34. The van der Waals surface area contributed by atoms with Crippen molar-refractivity contribution < 1.29 is 14.2 Å². The number of ether oxygens (including phenoxy) is 3. The summed E-state index contributed by atoms with van der Waals surface area (Å²) in [6.45, 7) is 5.82. The predicted molar refractivity (Wildman–Crippen MR) is 99.8 cm³/mol. The number of benzene rings is 2. The van der Waals surface area contributed by atoms with E-state index in [1.54, 1.807) is 0 Å². The van der Waals surface area contributed by atoms with Gasteiger partial charge in [0.1, 0.15) is 0 Å². The van der Waals surface area contributed by atoms with Crippen LogP contribution in [0.1, 0.15) is 22.9 Å². The molecule has 3 heterocycles. The van der Waals surface area contributed by atoms with Crippen molar-refractivity contribution in [2.75, 3.05) is 33.1 Å². The molecule has 0 amide bonds. The smallest absolute Gasteiger partial charge is 0.231 e. The summed E-state index contributed by atoms with van der Waals surface area (Å²) in [6.07, 6.45) is 0. The maximum atomic E-state index is 5.64. The maximum Gasteiger partial charge on any atom is 0.231 e. The number of aromatic nitrogens is 1. The SMILES string of the molecule is Cc1[nH]c2ccccc2c1C(c1ccc2c(c1)OCO2)N1CCOCC1. The van der Waals surface area contributed by atoms with Crippen LogP contribution in [0.2, 0.25) is 0 Å². The molecule has 1 N–H and O–H groups in total. The molecule has 134 valence electrons. The fraction of sp³-hybridized carbons (Fsp3) is 0.333. The first-order valence-electron chi connectivity index (χ1n) is 9.10. The Morgan fingerprint density at radius 2 is 1.81 bits per heavy atom. The van der Waals surface area contributed by atoms with E-state index in [-0.39, 0.29) is 6.04 Å². The highest BCUT2D eigenvalue weighted by Gasteiger charge is 2.29. The maximum absolute atomic E-state index is 5.64. The van der Waals surface area contributed by atoms with Gasteiger partial charge in [-0.25, -0.2) is 0 Å². The molecule has 1 saturated heterocycles. The van der Waals surface area contributed by atoms with Crippen LogP contribution in [0.25, 0.3) is 10.9 Å². The van der Waals surface area contributed by atoms with Gasteiger partial charge in [-0.15, -0.1) is 0 Å². The van der Waals surface area contributed by atoms with Crippen LogP contribution in [0.3, 0.4) is 0 Å². The van der Waals surface area contributed by atoms with E-state index >= 15 is 0 Å². The van der Waals surface area contributed by atoms with Crippen molar-refractivity contribution in [1.82, 2.24) is 9.88 Å². The molecular weight excluding hydrogens is 328 g/mol. The van der Waals surface area contributed by atoms with Gasteiger partial charge in [0.2, 0.25) is 6.79 Å². The Labute approximate surface area is 152 Å². The number of nitrogens with zero attached hydrogens (tertiary/aromatic N) is 1. The minimum atomic E-state index is 0.157. The lowest BCUT2D eigenvalue weighted by molar-refractivity contribution is 0.0240. The van der Waals surface area contributed by atoms with E-state index in [1.165, 1.54) is 27.7 Å². The third kappa shape index (κ3) is 2.55. The Morgan fingerprint density at radius 1 is 1.00 bits per heavy atom. The second-order valence-corrected chi connectivity index (χ2v) is 6.87. The van der Waals surface area contributed by atoms with Crippen molar-refractivity contribution >= 4 is 10.9 Å². The highest BCUT2D eigenvalue weighted by atomic mass is 16.7.